The van der Waals surface area contributed by atoms with E-state index in [4.69, 9.17) is 9.84 Å². The number of aromatic nitrogens is 3. The first-order valence-corrected chi connectivity index (χ1v) is 10.3. The molecule has 1 atom stereocenters. The van der Waals surface area contributed by atoms with E-state index in [1.165, 1.54) is 12.1 Å². The predicted octanol–water partition coefficient (Wildman–Crippen LogP) is 5.04. The van der Waals surface area contributed by atoms with Crippen molar-refractivity contribution < 1.29 is 13.9 Å². The summed E-state index contributed by atoms with van der Waals surface area (Å²) >= 11 is 0. The van der Waals surface area contributed by atoms with Gasteiger partial charge in [-0.25, -0.2) is 14.1 Å². The monoisotopic (exact) mass is 408 g/mol. The van der Waals surface area contributed by atoms with Crippen molar-refractivity contribution in [1.29, 1.82) is 0 Å². The van der Waals surface area contributed by atoms with Crippen LogP contribution in [0.1, 0.15) is 39.3 Å². The molecule has 30 heavy (non-hydrogen) atoms. The number of anilines is 1. The Kier molecular flexibility index (Phi) is 5.90. The molecule has 2 aromatic heterocycles. The van der Waals surface area contributed by atoms with E-state index < -0.39 is 0 Å². The summed E-state index contributed by atoms with van der Waals surface area (Å²) in [5.74, 6) is -0.0444. The molecule has 0 radical (unpaired) electrons. The second kappa shape index (κ2) is 8.75. The van der Waals surface area contributed by atoms with Crippen molar-refractivity contribution >= 4 is 11.7 Å². The summed E-state index contributed by atoms with van der Waals surface area (Å²) in [4.78, 5) is 16.3. The number of amides is 1. The molecule has 0 bridgehead atoms. The number of rotatable bonds is 5. The Hall–Kier alpha value is -3.06. The summed E-state index contributed by atoms with van der Waals surface area (Å²) < 4.78 is 21.2. The quantitative estimate of drug-likeness (QED) is 0.642. The van der Waals surface area contributed by atoms with Crippen LogP contribution >= 0.6 is 0 Å². The Morgan fingerprint density at radius 1 is 1.20 bits per heavy atom. The topological polar surface area (TPSA) is 69.0 Å². The molecule has 6 nitrogen and oxygen atoms in total. The summed E-state index contributed by atoms with van der Waals surface area (Å²) in [7, 11) is 0. The molecule has 1 aliphatic rings. The number of nitrogens with one attached hydrogen (secondary N) is 1. The van der Waals surface area contributed by atoms with Crippen LogP contribution in [0.4, 0.5) is 10.2 Å². The third-order valence-electron chi connectivity index (χ3n) is 5.15. The van der Waals surface area contributed by atoms with E-state index in [-0.39, 0.29) is 23.9 Å². The Morgan fingerprint density at radius 3 is 2.70 bits per heavy atom. The van der Waals surface area contributed by atoms with E-state index in [0.29, 0.717) is 12.4 Å². The highest BCUT2D eigenvalue weighted by molar-refractivity contribution is 5.92. The maximum Gasteiger partial charge on any atom is 0.228 e. The van der Waals surface area contributed by atoms with E-state index >= 15 is 0 Å². The number of carbonyl (C=O) groups excluding carboxylic acids is 1. The van der Waals surface area contributed by atoms with E-state index in [2.05, 4.69) is 10.3 Å². The minimum absolute atomic E-state index is 0.0929. The van der Waals surface area contributed by atoms with Crippen LogP contribution in [0.15, 0.2) is 48.8 Å². The Bertz CT molecular complexity index is 1020. The Balaban J connectivity index is 1.75. The van der Waals surface area contributed by atoms with Gasteiger partial charge < -0.3 is 10.1 Å². The number of ether oxygens (including phenoxy) is 1. The molecule has 0 spiro atoms. The summed E-state index contributed by atoms with van der Waals surface area (Å²) in [6.45, 7) is 4.38. The van der Waals surface area contributed by atoms with Crippen LogP contribution in [-0.4, -0.2) is 27.3 Å². The standard InChI is InChI=1S/C23H25FN4O2/c1-15(2)23(29)26-20-13-17(10-11-25-20)19-14-28(21-5-3-4-12-30-21)27-22(19)16-6-8-18(24)9-7-16/h6-11,13-15,21H,3-5,12H2,1-2H3,(H,25,26,29). The Morgan fingerprint density at radius 2 is 2.00 bits per heavy atom. The SMILES string of the molecule is CC(C)C(=O)Nc1cc(-c2cn(C3CCCCO3)nc2-c2ccc(F)cc2)ccn1. The molecule has 3 heterocycles. The number of nitrogens with zero attached hydrogens (tertiary/aromatic N) is 3. The first kappa shape index (κ1) is 20.2. The maximum absolute atomic E-state index is 13.5. The average molecular weight is 408 g/mol. The predicted molar refractivity (Wildman–Crippen MR) is 113 cm³/mol. The van der Waals surface area contributed by atoms with Gasteiger partial charge in [0.25, 0.3) is 0 Å². The average Bonchev–Trinajstić information content (AvgIpc) is 3.20. The van der Waals surface area contributed by atoms with E-state index in [0.717, 1.165) is 41.6 Å². The molecular weight excluding hydrogens is 383 g/mol. The summed E-state index contributed by atoms with van der Waals surface area (Å²) in [5, 5.41) is 7.63. The van der Waals surface area contributed by atoms with Gasteiger partial charge in [0.1, 0.15) is 23.6 Å². The molecule has 0 saturated carbocycles. The van der Waals surface area contributed by atoms with Gasteiger partial charge >= 0.3 is 0 Å². The molecule has 1 unspecified atom stereocenters. The minimum atomic E-state index is -0.294. The first-order valence-electron chi connectivity index (χ1n) is 10.3. The number of carbonyl (C=O) groups is 1. The molecule has 1 fully saturated rings. The molecule has 7 heteroatoms. The molecule has 1 amide bonds. The van der Waals surface area contributed by atoms with Gasteiger partial charge in [-0.1, -0.05) is 13.8 Å². The van der Waals surface area contributed by atoms with Gasteiger partial charge in [-0.15, -0.1) is 0 Å². The molecule has 0 aliphatic carbocycles. The maximum atomic E-state index is 13.5. The smallest absolute Gasteiger partial charge is 0.228 e. The minimum Gasteiger partial charge on any atom is -0.357 e. The van der Waals surface area contributed by atoms with Crippen LogP contribution in [0.2, 0.25) is 0 Å². The number of benzene rings is 1. The van der Waals surface area contributed by atoms with Gasteiger partial charge in [0.05, 0.1) is 0 Å². The highest BCUT2D eigenvalue weighted by atomic mass is 19.1. The summed E-state index contributed by atoms with van der Waals surface area (Å²) in [5.41, 5.74) is 3.28. The van der Waals surface area contributed by atoms with Gasteiger partial charge in [0.15, 0.2) is 0 Å². The van der Waals surface area contributed by atoms with Crippen molar-refractivity contribution in [2.75, 3.05) is 11.9 Å². The van der Waals surface area contributed by atoms with Gasteiger partial charge in [-0.3, -0.25) is 4.79 Å². The lowest BCUT2D eigenvalue weighted by Gasteiger charge is -2.22. The lowest BCUT2D eigenvalue weighted by molar-refractivity contribution is -0.118. The fourth-order valence-corrected chi connectivity index (χ4v) is 3.44. The van der Waals surface area contributed by atoms with Gasteiger partial charge in [-0.05, 0) is 61.2 Å². The van der Waals surface area contributed by atoms with E-state index in [1.807, 2.05) is 36.9 Å². The zero-order valence-electron chi connectivity index (χ0n) is 17.1. The van der Waals surface area contributed by atoms with Crippen LogP contribution in [0, 0.1) is 11.7 Å². The zero-order chi connectivity index (χ0) is 21.1. The zero-order valence-corrected chi connectivity index (χ0v) is 17.1. The van der Waals surface area contributed by atoms with E-state index in [1.54, 1.807) is 18.3 Å². The molecule has 3 aromatic rings. The lowest BCUT2D eigenvalue weighted by Crippen LogP contribution is -2.18. The molecule has 156 valence electrons. The molecular formula is C23H25FN4O2. The summed E-state index contributed by atoms with van der Waals surface area (Å²) in [6.07, 6.45) is 6.54. The molecule has 1 saturated heterocycles. The van der Waals surface area contributed by atoms with Gasteiger partial charge in [0, 0.05) is 36.0 Å². The largest absolute Gasteiger partial charge is 0.357 e. The fraction of sp³-hybridized carbons (Fsp3) is 0.348. The van der Waals surface area contributed by atoms with Crippen molar-refractivity contribution in [2.45, 2.75) is 39.3 Å². The number of pyridine rings is 1. The molecule has 1 aromatic carbocycles. The van der Waals surface area contributed by atoms with Crippen molar-refractivity contribution in [3.63, 3.8) is 0 Å². The summed E-state index contributed by atoms with van der Waals surface area (Å²) in [6, 6.07) is 10.00. The van der Waals surface area contributed by atoms with Crippen molar-refractivity contribution in [3.05, 3.63) is 54.6 Å². The lowest BCUT2D eigenvalue weighted by atomic mass is 10.0. The molecule has 4 rings (SSSR count). The van der Waals surface area contributed by atoms with Crippen molar-refractivity contribution in [3.8, 4) is 22.4 Å². The van der Waals surface area contributed by atoms with Gasteiger partial charge in [-0.2, -0.15) is 5.10 Å². The third kappa shape index (κ3) is 4.41. The van der Waals surface area contributed by atoms with E-state index in [9.17, 15) is 9.18 Å². The fourth-order valence-electron chi connectivity index (χ4n) is 3.44. The second-order valence-corrected chi connectivity index (χ2v) is 7.77. The highest BCUT2D eigenvalue weighted by Gasteiger charge is 2.21. The molecule has 1 N–H and O–H groups in total. The molecule has 1 aliphatic heterocycles. The van der Waals surface area contributed by atoms with Crippen LogP contribution in [0.5, 0.6) is 0 Å². The van der Waals surface area contributed by atoms with Crippen LogP contribution in [0.25, 0.3) is 22.4 Å². The van der Waals surface area contributed by atoms with Gasteiger partial charge in [0.2, 0.25) is 5.91 Å². The normalized spacial score (nSPS) is 16.6. The third-order valence-corrected chi connectivity index (χ3v) is 5.15. The van der Waals surface area contributed by atoms with Crippen LogP contribution in [0.3, 0.4) is 0 Å². The number of hydrogen-bond acceptors (Lipinski definition) is 4. The first-order chi connectivity index (χ1) is 14.5. The van der Waals surface area contributed by atoms with Crippen molar-refractivity contribution in [2.24, 2.45) is 5.92 Å². The second-order valence-electron chi connectivity index (χ2n) is 7.77. The number of halogens is 1. The highest BCUT2D eigenvalue weighted by Crippen LogP contribution is 2.34. The Labute approximate surface area is 175 Å². The van der Waals surface area contributed by atoms with Crippen molar-refractivity contribution in [1.82, 2.24) is 14.8 Å². The number of hydrogen-bond donors (Lipinski definition) is 1. The van der Waals surface area contributed by atoms with Crippen LogP contribution < -0.4 is 5.32 Å². The van der Waals surface area contributed by atoms with Crippen LogP contribution in [-0.2, 0) is 9.53 Å².